The molecule has 0 radical (unpaired) electrons. The zero-order valence-electron chi connectivity index (χ0n) is 7.52. The van der Waals surface area contributed by atoms with Crippen molar-refractivity contribution in [2.45, 2.75) is 30.8 Å². The van der Waals surface area contributed by atoms with Crippen LogP contribution in [0, 0.1) is 5.92 Å². The van der Waals surface area contributed by atoms with Crippen molar-refractivity contribution in [3.63, 3.8) is 0 Å². The third-order valence-corrected chi connectivity index (χ3v) is 6.49. The molecule has 2 unspecified atom stereocenters. The number of rotatable bonds is 5. The van der Waals surface area contributed by atoms with E-state index in [1.807, 2.05) is 0 Å². The Morgan fingerprint density at radius 2 is 1.83 bits per heavy atom. The van der Waals surface area contributed by atoms with Crippen LogP contribution in [0.2, 0.25) is 4.47 Å². The van der Waals surface area contributed by atoms with Gasteiger partial charge in [-0.05, 0) is 0 Å². The Labute approximate surface area is 89.7 Å². The maximum absolute atomic E-state index is 5.85. The molecule has 0 aromatic heterocycles. The van der Waals surface area contributed by atoms with Crippen LogP contribution in [0.5, 0.6) is 0 Å². The molecule has 0 aromatic carbocycles. The molecule has 0 aliphatic rings. The summed E-state index contributed by atoms with van der Waals surface area (Å²) < 4.78 is 5.91. The van der Waals surface area contributed by atoms with E-state index in [0.29, 0.717) is 10.4 Å². The second-order valence-electron chi connectivity index (χ2n) is 2.83. The molecule has 0 saturated carbocycles. The molecule has 0 spiro atoms. The first-order valence-corrected chi connectivity index (χ1v) is 14.3. The standard InChI is InChI=1S/C7H15Cl3OTe/c1-4-6(2)7(11-3)5-12(8,9)10/h6-7H,4-5H2,1-3H3. The third kappa shape index (κ3) is 6.13. The summed E-state index contributed by atoms with van der Waals surface area (Å²) in [5, 5.41) is 0. The van der Waals surface area contributed by atoms with Gasteiger partial charge in [0.15, 0.2) is 0 Å². The van der Waals surface area contributed by atoms with E-state index in [1.54, 1.807) is 7.11 Å². The van der Waals surface area contributed by atoms with Crippen molar-refractivity contribution in [3.8, 4) is 0 Å². The number of hydrogen-bond donors (Lipinski definition) is 0. The fourth-order valence-corrected chi connectivity index (χ4v) is 5.80. The first-order chi connectivity index (χ1) is 5.40. The average molecular weight is 349 g/mol. The minimum absolute atomic E-state index is 0.115. The number of methoxy groups -OCH3 is 1. The Balaban J connectivity index is 3.99. The SMILES string of the molecule is CCC(C)C(C[Te](Cl)(Cl)Cl)OC. The van der Waals surface area contributed by atoms with Gasteiger partial charge in [0.05, 0.1) is 0 Å². The van der Waals surface area contributed by atoms with Gasteiger partial charge in [-0.2, -0.15) is 0 Å². The third-order valence-electron chi connectivity index (χ3n) is 1.93. The molecule has 12 heavy (non-hydrogen) atoms. The molecule has 0 N–H and O–H groups in total. The molecule has 0 bridgehead atoms. The Kier molecular flexibility index (Phi) is 7.00. The summed E-state index contributed by atoms with van der Waals surface area (Å²) in [5.74, 6) is 0.469. The minimum atomic E-state index is -3.02. The summed E-state index contributed by atoms with van der Waals surface area (Å²) >= 11 is -3.02. The van der Waals surface area contributed by atoms with Crippen molar-refractivity contribution in [2.75, 3.05) is 7.11 Å². The van der Waals surface area contributed by atoms with Crippen molar-refractivity contribution in [1.29, 1.82) is 0 Å². The van der Waals surface area contributed by atoms with Crippen LogP contribution in [0.3, 0.4) is 0 Å². The van der Waals surface area contributed by atoms with Crippen molar-refractivity contribution in [2.24, 2.45) is 5.92 Å². The van der Waals surface area contributed by atoms with Crippen LogP contribution in [0.15, 0.2) is 0 Å². The van der Waals surface area contributed by atoms with E-state index in [2.05, 4.69) is 13.8 Å². The van der Waals surface area contributed by atoms with Gasteiger partial charge >= 0.3 is 90.3 Å². The van der Waals surface area contributed by atoms with E-state index in [4.69, 9.17) is 31.6 Å². The van der Waals surface area contributed by atoms with Gasteiger partial charge in [0.2, 0.25) is 0 Å². The molecule has 2 atom stereocenters. The quantitative estimate of drug-likeness (QED) is 0.688. The number of halogens is 3. The molecule has 0 aliphatic carbocycles. The van der Waals surface area contributed by atoms with Gasteiger partial charge in [0, 0.05) is 0 Å². The van der Waals surface area contributed by atoms with Crippen LogP contribution in [0.4, 0.5) is 0 Å². The second kappa shape index (κ2) is 6.17. The molecule has 5 heteroatoms. The molecule has 0 amide bonds. The number of ether oxygens (including phenoxy) is 1. The fourth-order valence-electron chi connectivity index (χ4n) is 0.914. The summed E-state index contributed by atoms with van der Waals surface area (Å²) in [6, 6.07) is 0. The summed E-state index contributed by atoms with van der Waals surface area (Å²) in [7, 11) is 19.2. The fraction of sp³-hybridized carbons (Fsp3) is 1.00. The van der Waals surface area contributed by atoms with Gasteiger partial charge in [-0.15, -0.1) is 0 Å². The molecule has 0 aliphatic heterocycles. The maximum atomic E-state index is 5.85. The van der Waals surface area contributed by atoms with Crippen LogP contribution in [-0.2, 0) is 4.74 Å². The molecule has 1 nitrogen and oxygen atoms in total. The molecular weight excluding hydrogens is 334 g/mol. The van der Waals surface area contributed by atoms with Gasteiger partial charge in [-0.1, -0.05) is 0 Å². The van der Waals surface area contributed by atoms with Crippen LogP contribution in [0.1, 0.15) is 20.3 Å². The van der Waals surface area contributed by atoms with Gasteiger partial charge in [-0.25, -0.2) is 0 Å². The Morgan fingerprint density at radius 3 is 2.08 bits per heavy atom. The van der Waals surface area contributed by atoms with E-state index in [-0.39, 0.29) is 6.10 Å². The molecule has 0 aromatic rings. The van der Waals surface area contributed by atoms with Crippen LogP contribution < -0.4 is 0 Å². The first-order valence-electron chi connectivity index (χ1n) is 3.83. The van der Waals surface area contributed by atoms with Crippen LogP contribution >= 0.6 is 26.9 Å². The van der Waals surface area contributed by atoms with Crippen LogP contribution in [-0.4, -0.2) is 28.0 Å². The predicted molar refractivity (Wildman–Crippen MR) is 58.4 cm³/mol. The van der Waals surface area contributed by atoms with Crippen molar-refractivity contribution in [1.82, 2.24) is 0 Å². The van der Waals surface area contributed by atoms with E-state index in [1.165, 1.54) is 0 Å². The first kappa shape index (κ1) is 13.6. The zero-order valence-corrected chi connectivity index (χ0v) is 12.1. The molecule has 0 heterocycles. The van der Waals surface area contributed by atoms with Crippen molar-refractivity contribution < 1.29 is 4.74 Å². The normalized spacial score (nSPS) is 18.8. The number of hydrogen-bond acceptors (Lipinski definition) is 1. The molecule has 76 valence electrons. The molecule has 0 fully saturated rings. The van der Waals surface area contributed by atoms with Crippen molar-refractivity contribution >= 4 is 41.7 Å². The summed E-state index contributed by atoms with van der Waals surface area (Å²) in [4.78, 5) is 0. The Hall–Kier alpha value is 1.62. The van der Waals surface area contributed by atoms with Crippen LogP contribution in [0.25, 0.3) is 0 Å². The van der Waals surface area contributed by atoms with Gasteiger partial charge < -0.3 is 0 Å². The topological polar surface area (TPSA) is 9.23 Å². The van der Waals surface area contributed by atoms with Gasteiger partial charge in [0.1, 0.15) is 0 Å². The van der Waals surface area contributed by atoms with Gasteiger partial charge in [-0.3, -0.25) is 0 Å². The van der Waals surface area contributed by atoms with E-state index < -0.39 is 14.8 Å². The Morgan fingerprint density at radius 1 is 1.33 bits per heavy atom. The zero-order chi connectivity index (χ0) is 9.78. The molecular formula is C7H15Cl3OTe. The van der Waals surface area contributed by atoms with E-state index in [9.17, 15) is 0 Å². The summed E-state index contributed by atoms with van der Waals surface area (Å²) in [6.45, 7) is 4.23. The second-order valence-corrected chi connectivity index (χ2v) is 20.4. The molecule has 0 saturated heterocycles. The monoisotopic (exact) mass is 350 g/mol. The average Bonchev–Trinajstić information content (AvgIpc) is 1.97. The van der Waals surface area contributed by atoms with Crippen molar-refractivity contribution in [3.05, 3.63) is 0 Å². The van der Waals surface area contributed by atoms with E-state index >= 15 is 0 Å². The predicted octanol–water partition coefficient (Wildman–Crippen LogP) is 3.70. The molecule has 0 rings (SSSR count). The van der Waals surface area contributed by atoms with E-state index in [0.717, 1.165) is 6.42 Å². The summed E-state index contributed by atoms with van der Waals surface area (Å²) in [5.41, 5.74) is 0. The van der Waals surface area contributed by atoms with Gasteiger partial charge in [0.25, 0.3) is 0 Å². The summed E-state index contributed by atoms with van der Waals surface area (Å²) in [6.07, 6.45) is 1.17. The Bertz CT molecular complexity index is 126.